The molecule has 0 radical (unpaired) electrons. The first-order valence-corrected chi connectivity index (χ1v) is 10.9. The van der Waals surface area contributed by atoms with E-state index in [9.17, 15) is 18.4 Å². The predicted molar refractivity (Wildman–Crippen MR) is 107 cm³/mol. The number of fused-ring (bicyclic) bond motifs is 3. The first kappa shape index (κ1) is 20.5. The van der Waals surface area contributed by atoms with Crippen molar-refractivity contribution in [3.8, 4) is 0 Å². The first-order valence-electron chi connectivity index (χ1n) is 10.9. The molecular weight excluding hydrogens is 404 g/mol. The molecule has 1 aliphatic heterocycles. The lowest BCUT2D eigenvalue weighted by Crippen LogP contribution is -2.50. The summed E-state index contributed by atoms with van der Waals surface area (Å²) in [4.78, 5) is 36.7. The fourth-order valence-corrected chi connectivity index (χ4v) is 6.23. The minimum absolute atomic E-state index is 0.0205. The molecule has 0 aromatic carbocycles. The zero-order valence-electron chi connectivity index (χ0n) is 18.1. The summed E-state index contributed by atoms with van der Waals surface area (Å²) in [5, 5.41) is 3.83. The third-order valence-electron chi connectivity index (χ3n) is 8.84. The Morgan fingerprint density at radius 1 is 1.19 bits per heavy atom. The number of ketones is 1. The Bertz CT molecular complexity index is 1080. The van der Waals surface area contributed by atoms with E-state index in [1.807, 2.05) is 11.8 Å². The number of hydrogen-bond donors (Lipinski definition) is 0. The maximum absolute atomic E-state index is 13.6. The van der Waals surface area contributed by atoms with Crippen LogP contribution in [0.4, 0.5) is 8.78 Å². The predicted octanol–water partition coefficient (Wildman–Crippen LogP) is 3.55. The van der Waals surface area contributed by atoms with Gasteiger partial charge in [-0.3, -0.25) is 9.59 Å². The highest BCUT2D eigenvalue weighted by Crippen LogP contribution is 2.71. The maximum Gasteiger partial charge on any atom is 0.280 e. The fraction of sp³-hybridized carbons (Fsp3) is 0.682. The van der Waals surface area contributed by atoms with E-state index < -0.39 is 17.3 Å². The van der Waals surface area contributed by atoms with Crippen LogP contribution >= 0.6 is 0 Å². The summed E-state index contributed by atoms with van der Waals surface area (Å²) < 4.78 is 28.0. The molecule has 2 saturated carbocycles. The second kappa shape index (κ2) is 6.53. The molecule has 0 N–H and O–H groups in total. The van der Waals surface area contributed by atoms with Gasteiger partial charge in [0.2, 0.25) is 5.91 Å². The molecule has 0 spiro atoms. The van der Waals surface area contributed by atoms with Gasteiger partial charge in [-0.15, -0.1) is 0 Å². The molecule has 7 nitrogen and oxygen atoms in total. The lowest BCUT2D eigenvalue weighted by Gasteiger charge is -2.43. The van der Waals surface area contributed by atoms with Crippen molar-refractivity contribution < 1.29 is 18.4 Å². The van der Waals surface area contributed by atoms with E-state index in [0.717, 1.165) is 17.4 Å². The third-order valence-corrected chi connectivity index (χ3v) is 8.84. The summed E-state index contributed by atoms with van der Waals surface area (Å²) in [5.74, 6) is 0.437. The Balaban J connectivity index is 1.35. The minimum atomic E-state index is -2.68. The average molecular weight is 431 g/mol. The number of carbonyl (C=O) groups excluding carboxylic acids is 2. The molecule has 2 aromatic rings. The van der Waals surface area contributed by atoms with Crippen LogP contribution in [-0.4, -0.2) is 49.3 Å². The van der Waals surface area contributed by atoms with Crippen LogP contribution in [0, 0.1) is 16.2 Å². The van der Waals surface area contributed by atoms with E-state index in [1.165, 1.54) is 12.4 Å². The van der Waals surface area contributed by atoms with Gasteiger partial charge in [0.25, 0.3) is 12.2 Å². The highest BCUT2D eigenvalue weighted by molar-refractivity contribution is 5.99. The molecule has 5 rings (SSSR count). The standard InChI is InChI=1S/C22H27F2N5O2/c1-20(2)21(3)6-7-22(20,11-16(21)30)18(31)28-8-4-13(5-9-28)14-10-15(17(23)24)29-19(27-14)25-12-26-29/h10,12-13,17H,4-9,11H2,1-3H3/t21-,22-/m0/s1. The highest BCUT2D eigenvalue weighted by atomic mass is 19.3. The molecule has 0 unspecified atom stereocenters. The molecule has 3 heterocycles. The van der Waals surface area contributed by atoms with Crippen molar-refractivity contribution in [1.82, 2.24) is 24.5 Å². The topological polar surface area (TPSA) is 80.5 Å². The summed E-state index contributed by atoms with van der Waals surface area (Å²) in [6, 6.07) is 1.41. The number of Topliss-reactive ketones (excluding diaryl/α,β-unsaturated/α-hetero) is 1. The van der Waals surface area contributed by atoms with Gasteiger partial charge in [0.05, 0.1) is 5.41 Å². The summed E-state index contributed by atoms with van der Waals surface area (Å²) in [6.07, 6.45) is 1.69. The van der Waals surface area contributed by atoms with Crippen molar-refractivity contribution in [2.45, 2.75) is 65.2 Å². The summed E-state index contributed by atoms with van der Waals surface area (Å²) in [7, 11) is 0. The van der Waals surface area contributed by atoms with Gasteiger partial charge < -0.3 is 4.90 Å². The van der Waals surface area contributed by atoms with Gasteiger partial charge in [0.1, 0.15) is 17.8 Å². The first-order chi connectivity index (χ1) is 14.6. The molecule has 2 aliphatic carbocycles. The molecule has 3 aliphatic rings. The van der Waals surface area contributed by atoms with Gasteiger partial charge in [0, 0.05) is 36.5 Å². The second-order valence-electron chi connectivity index (χ2n) is 10.1. The lowest BCUT2D eigenvalue weighted by atomic mass is 9.64. The van der Waals surface area contributed by atoms with Crippen LogP contribution in [0.1, 0.15) is 76.6 Å². The van der Waals surface area contributed by atoms with Crippen molar-refractivity contribution in [3.05, 3.63) is 23.8 Å². The van der Waals surface area contributed by atoms with E-state index in [0.29, 0.717) is 38.0 Å². The molecule has 2 atom stereocenters. The van der Waals surface area contributed by atoms with Crippen molar-refractivity contribution in [2.75, 3.05) is 13.1 Å². The number of piperidine rings is 1. The lowest BCUT2D eigenvalue weighted by molar-refractivity contribution is -0.149. The van der Waals surface area contributed by atoms with E-state index >= 15 is 0 Å². The van der Waals surface area contributed by atoms with E-state index in [-0.39, 0.29) is 34.5 Å². The quantitative estimate of drug-likeness (QED) is 0.743. The SMILES string of the molecule is CC1(C)[C@@]2(C(=O)N3CCC(c4cc(C(F)F)n5ncnc5n4)CC3)CC[C@@]1(C)C(=O)C2. The Hall–Kier alpha value is -2.45. The molecule has 31 heavy (non-hydrogen) atoms. The zero-order valence-corrected chi connectivity index (χ0v) is 18.1. The third kappa shape index (κ3) is 2.58. The Labute approximate surface area is 179 Å². The number of rotatable bonds is 3. The van der Waals surface area contributed by atoms with Crippen LogP contribution < -0.4 is 0 Å². The number of halogens is 2. The molecule has 3 fully saturated rings. The van der Waals surface area contributed by atoms with Crippen LogP contribution in [0.3, 0.4) is 0 Å². The molecular formula is C22H27F2N5O2. The van der Waals surface area contributed by atoms with E-state index in [2.05, 4.69) is 28.9 Å². The number of alkyl halides is 2. The number of nitrogens with zero attached hydrogens (tertiary/aromatic N) is 5. The van der Waals surface area contributed by atoms with Gasteiger partial charge >= 0.3 is 0 Å². The highest BCUT2D eigenvalue weighted by Gasteiger charge is 2.73. The van der Waals surface area contributed by atoms with Crippen LogP contribution in [0.25, 0.3) is 5.78 Å². The molecule has 9 heteroatoms. The number of amides is 1. The van der Waals surface area contributed by atoms with Crippen molar-refractivity contribution in [3.63, 3.8) is 0 Å². The largest absolute Gasteiger partial charge is 0.342 e. The summed E-state index contributed by atoms with van der Waals surface area (Å²) in [6.45, 7) is 7.22. The van der Waals surface area contributed by atoms with Gasteiger partial charge in [-0.05, 0) is 37.2 Å². The number of likely N-dealkylation sites (tertiary alicyclic amines) is 1. The van der Waals surface area contributed by atoms with Crippen LogP contribution in [0.5, 0.6) is 0 Å². The smallest absolute Gasteiger partial charge is 0.280 e. The molecule has 1 amide bonds. The van der Waals surface area contributed by atoms with Crippen molar-refractivity contribution in [1.29, 1.82) is 0 Å². The Kier molecular flexibility index (Phi) is 4.31. The summed E-state index contributed by atoms with van der Waals surface area (Å²) >= 11 is 0. The van der Waals surface area contributed by atoms with Gasteiger partial charge in [-0.2, -0.15) is 14.6 Å². The zero-order chi connectivity index (χ0) is 22.2. The molecule has 1 saturated heterocycles. The average Bonchev–Trinajstić information content (AvgIpc) is 3.34. The van der Waals surface area contributed by atoms with Crippen LogP contribution in [-0.2, 0) is 9.59 Å². The second-order valence-corrected chi connectivity index (χ2v) is 10.1. The Morgan fingerprint density at radius 3 is 2.48 bits per heavy atom. The van der Waals surface area contributed by atoms with Crippen LogP contribution in [0.2, 0.25) is 0 Å². The summed E-state index contributed by atoms with van der Waals surface area (Å²) in [5.41, 5.74) is -1.05. The van der Waals surface area contributed by atoms with Crippen molar-refractivity contribution in [2.24, 2.45) is 16.2 Å². The van der Waals surface area contributed by atoms with Gasteiger partial charge in [0.15, 0.2) is 0 Å². The minimum Gasteiger partial charge on any atom is -0.342 e. The maximum atomic E-state index is 13.6. The normalized spacial score (nSPS) is 30.6. The molecule has 166 valence electrons. The van der Waals surface area contributed by atoms with Crippen LogP contribution in [0.15, 0.2) is 12.4 Å². The monoisotopic (exact) mass is 431 g/mol. The number of aromatic nitrogens is 4. The number of hydrogen-bond acceptors (Lipinski definition) is 5. The number of carbonyl (C=O) groups is 2. The Morgan fingerprint density at radius 2 is 1.90 bits per heavy atom. The van der Waals surface area contributed by atoms with Gasteiger partial charge in [-0.1, -0.05) is 20.8 Å². The van der Waals surface area contributed by atoms with E-state index in [1.54, 1.807) is 0 Å². The molecule has 2 aromatic heterocycles. The van der Waals surface area contributed by atoms with E-state index in [4.69, 9.17) is 0 Å². The van der Waals surface area contributed by atoms with Crippen molar-refractivity contribution >= 4 is 17.5 Å². The van der Waals surface area contributed by atoms with Gasteiger partial charge in [-0.25, -0.2) is 13.8 Å². The fourth-order valence-electron chi connectivity index (χ4n) is 6.23. The molecule has 2 bridgehead atoms.